The first kappa shape index (κ1) is 13.4. The van der Waals surface area contributed by atoms with Crippen molar-refractivity contribution in [2.24, 2.45) is 0 Å². The van der Waals surface area contributed by atoms with Gasteiger partial charge in [0.1, 0.15) is 5.52 Å². The van der Waals surface area contributed by atoms with Crippen molar-refractivity contribution in [2.45, 2.75) is 32.5 Å². The average Bonchev–Trinajstić information content (AvgIpc) is 2.77. The number of anilines is 1. The first-order valence-corrected chi connectivity index (χ1v) is 7.12. The molecule has 1 aliphatic heterocycles. The second kappa shape index (κ2) is 5.07. The van der Waals surface area contributed by atoms with Gasteiger partial charge in [-0.05, 0) is 39.1 Å². The second-order valence-electron chi connectivity index (χ2n) is 5.89. The molecule has 0 amide bonds. The van der Waals surface area contributed by atoms with Crippen molar-refractivity contribution in [2.75, 3.05) is 25.9 Å². The number of likely N-dealkylation sites (N-methyl/N-ethyl adjacent to an activating group) is 1. The van der Waals surface area contributed by atoms with Crippen LogP contribution in [0.2, 0.25) is 0 Å². The summed E-state index contributed by atoms with van der Waals surface area (Å²) in [4.78, 5) is 9.36. The summed E-state index contributed by atoms with van der Waals surface area (Å²) in [5, 5.41) is 0. The van der Waals surface area contributed by atoms with Crippen LogP contribution >= 0.6 is 0 Å². The summed E-state index contributed by atoms with van der Waals surface area (Å²) < 4.78 is 5.80. The van der Waals surface area contributed by atoms with Crippen LogP contribution in [0, 0.1) is 0 Å². The number of piperazine rings is 1. The summed E-state index contributed by atoms with van der Waals surface area (Å²) in [5.74, 6) is 0.773. The number of oxazole rings is 1. The predicted octanol–water partition coefficient (Wildman–Crippen LogP) is 1.93. The standard InChI is InChI=1S/C15H22N4O/c1-10-7-19(8-11(2)18(10)3)9-15-17-13-6-12(16)4-5-14(13)20-15/h4-6,10-11H,7-9,16H2,1-3H3. The molecule has 5 heteroatoms. The SMILES string of the molecule is CC1CN(Cc2nc3cc(N)ccc3o2)CC(C)N1C. The molecule has 1 saturated heterocycles. The van der Waals surface area contributed by atoms with Crippen molar-refractivity contribution in [1.29, 1.82) is 0 Å². The molecular weight excluding hydrogens is 252 g/mol. The van der Waals surface area contributed by atoms with Crippen LogP contribution in [0.3, 0.4) is 0 Å². The van der Waals surface area contributed by atoms with Gasteiger partial charge in [-0.3, -0.25) is 9.80 Å². The van der Waals surface area contributed by atoms with E-state index in [4.69, 9.17) is 10.2 Å². The first-order chi connectivity index (χ1) is 9.52. The van der Waals surface area contributed by atoms with Gasteiger partial charge in [0, 0.05) is 30.9 Å². The third-order valence-corrected chi connectivity index (χ3v) is 4.25. The van der Waals surface area contributed by atoms with Gasteiger partial charge in [0.2, 0.25) is 5.89 Å². The zero-order valence-corrected chi connectivity index (χ0v) is 12.3. The Morgan fingerprint density at radius 2 is 2.00 bits per heavy atom. The van der Waals surface area contributed by atoms with Gasteiger partial charge in [-0.2, -0.15) is 0 Å². The van der Waals surface area contributed by atoms with Gasteiger partial charge in [0.25, 0.3) is 0 Å². The fraction of sp³-hybridized carbons (Fsp3) is 0.533. The van der Waals surface area contributed by atoms with Crippen LogP contribution in [0.25, 0.3) is 11.1 Å². The Labute approximate surface area is 119 Å². The normalized spacial score (nSPS) is 25.4. The molecule has 0 spiro atoms. The number of fused-ring (bicyclic) bond motifs is 1. The molecule has 20 heavy (non-hydrogen) atoms. The number of aromatic nitrogens is 1. The Morgan fingerprint density at radius 3 is 2.70 bits per heavy atom. The Balaban J connectivity index is 1.76. The highest BCUT2D eigenvalue weighted by molar-refractivity contribution is 5.76. The van der Waals surface area contributed by atoms with Crippen molar-refractivity contribution in [3.8, 4) is 0 Å². The summed E-state index contributed by atoms with van der Waals surface area (Å²) in [6.07, 6.45) is 0. The molecule has 2 atom stereocenters. The van der Waals surface area contributed by atoms with Crippen LogP contribution in [0.15, 0.2) is 22.6 Å². The van der Waals surface area contributed by atoms with E-state index in [-0.39, 0.29) is 0 Å². The van der Waals surface area contributed by atoms with Crippen molar-refractivity contribution >= 4 is 16.8 Å². The fourth-order valence-electron chi connectivity index (χ4n) is 2.89. The topological polar surface area (TPSA) is 58.5 Å². The van der Waals surface area contributed by atoms with E-state index in [2.05, 4.69) is 35.7 Å². The highest BCUT2D eigenvalue weighted by Gasteiger charge is 2.27. The number of rotatable bonds is 2. The summed E-state index contributed by atoms with van der Waals surface area (Å²) in [7, 11) is 2.19. The number of hydrogen-bond donors (Lipinski definition) is 1. The van der Waals surface area contributed by atoms with Gasteiger partial charge in [-0.1, -0.05) is 0 Å². The molecule has 5 nitrogen and oxygen atoms in total. The van der Waals surface area contributed by atoms with Crippen LogP contribution in [0.5, 0.6) is 0 Å². The van der Waals surface area contributed by atoms with E-state index in [0.29, 0.717) is 12.1 Å². The van der Waals surface area contributed by atoms with Gasteiger partial charge in [-0.15, -0.1) is 0 Å². The highest BCUT2D eigenvalue weighted by Crippen LogP contribution is 2.21. The predicted molar refractivity (Wildman–Crippen MR) is 80.4 cm³/mol. The number of nitrogens with two attached hydrogens (primary N) is 1. The first-order valence-electron chi connectivity index (χ1n) is 7.12. The molecule has 1 fully saturated rings. The number of nitrogen functional groups attached to an aromatic ring is 1. The van der Waals surface area contributed by atoms with E-state index < -0.39 is 0 Å². The van der Waals surface area contributed by atoms with Crippen LogP contribution in [-0.2, 0) is 6.54 Å². The van der Waals surface area contributed by atoms with E-state index in [1.165, 1.54) is 0 Å². The van der Waals surface area contributed by atoms with Gasteiger partial charge in [0.05, 0.1) is 6.54 Å². The third-order valence-electron chi connectivity index (χ3n) is 4.25. The highest BCUT2D eigenvalue weighted by atomic mass is 16.3. The van der Waals surface area contributed by atoms with Gasteiger partial charge in [0.15, 0.2) is 5.58 Å². The number of hydrogen-bond acceptors (Lipinski definition) is 5. The lowest BCUT2D eigenvalue weighted by molar-refractivity contribution is 0.0511. The summed E-state index contributed by atoms with van der Waals surface area (Å²) in [5.41, 5.74) is 8.15. The monoisotopic (exact) mass is 274 g/mol. The van der Waals surface area contributed by atoms with E-state index in [1.807, 2.05) is 18.2 Å². The minimum absolute atomic E-state index is 0.554. The molecular formula is C15H22N4O. The molecule has 0 aliphatic carbocycles. The second-order valence-corrected chi connectivity index (χ2v) is 5.89. The Kier molecular flexibility index (Phi) is 3.40. The largest absolute Gasteiger partial charge is 0.439 e. The van der Waals surface area contributed by atoms with Gasteiger partial charge < -0.3 is 10.2 Å². The molecule has 0 radical (unpaired) electrons. The Bertz CT molecular complexity index is 597. The maximum atomic E-state index is 5.80. The molecule has 1 aromatic carbocycles. The minimum Gasteiger partial charge on any atom is -0.439 e. The van der Waals surface area contributed by atoms with Crippen molar-refractivity contribution in [3.05, 3.63) is 24.1 Å². The number of nitrogens with zero attached hydrogens (tertiary/aromatic N) is 3. The lowest BCUT2D eigenvalue weighted by Gasteiger charge is -2.41. The molecule has 2 heterocycles. The summed E-state index contributed by atoms with van der Waals surface area (Å²) in [6, 6.07) is 6.70. The lowest BCUT2D eigenvalue weighted by Crippen LogP contribution is -2.54. The Hall–Kier alpha value is -1.59. The molecule has 0 bridgehead atoms. The zero-order valence-electron chi connectivity index (χ0n) is 12.3. The van der Waals surface area contributed by atoms with E-state index >= 15 is 0 Å². The molecule has 1 aromatic heterocycles. The van der Waals surface area contributed by atoms with E-state index in [0.717, 1.165) is 42.3 Å². The maximum Gasteiger partial charge on any atom is 0.209 e. The van der Waals surface area contributed by atoms with E-state index in [9.17, 15) is 0 Å². The van der Waals surface area contributed by atoms with Crippen molar-refractivity contribution in [3.63, 3.8) is 0 Å². The molecule has 3 rings (SSSR count). The molecule has 0 saturated carbocycles. The quantitative estimate of drug-likeness (QED) is 0.848. The van der Waals surface area contributed by atoms with Crippen molar-refractivity contribution < 1.29 is 4.42 Å². The zero-order chi connectivity index (χ0) is 14.3. The van der Waals surface area contributed by atoms with Crippen molar-refractivity contribution in [1.82, 2.24) is 14.8 Å². The van der Waals surface area contributed by atoms with Crippen LogP contribution in [0.1, 0.15) is 19.7 Å². The molecule has 2 N–H and O–H groups in total. The average molecular weight is 274 g/mol. The fourth-order valence-corrected chi connectivity index (χ4v) is 2.89. The summed E-state index contributed by atoms with van der Waals surface area (Å²) >= 11 is 0. The van der Waals surface area contributed by atoms with Crippen LogP contribution in [0.4, 0.5) is 5.69 Å². The minimum atomic E-state index is 0.554. The third kappa shape index (κ3) is 2.51. The molecule has 1 aliphatic rings. The van der Waals surface area contributed by atoms with Crippen LogP contribution < -0.4 is 5.73 Å². The smallest absolute Gasteiger partial charge is 0.209 e. The lowest BCUT2D eigenvalue weighted by atomic mass is 10.1. The maximum absolute atomic E-state index is 5.80. The molecule has 108 valence electrons. The van der Waals surface area contributed by atoms with Crippen LogP contribution in [-0.4, -0.2) is 47.0 Å². The van der Waals surface area contributed by atoms with Gasteiger partial charge >= 0.3 is 0 Å². The Morgan fingerprint density at radius 1 is 1.30 bits per heavy atom. The summed E-state index contributed by atoms with van der Waals surface area (Å²) in [6.45, 7) is 7.37. The molecule has 2 aromatic rings. The molecule has 2 unspecified atom stereocenters. The van der Waals surface area contributed by atoms with E-state index in [1.54, 1.807) is 0 Å². The number of benzene rings is 1. The van der Waals surface area contributed by atoms with Gasteiger partial charge in [-0.25, -0.2) is 4.98 Å².